The van der Waals surface area contributed by atoms with Crippen LogP contribution in [0, 0.1) is 0 Å². The van der Waals surface area contributed by atoms with E-state index < -0.39 is 0 Å². The number of nitrogens with zero attached hydrogens (tertiary/aromatic N) is 1. The fraction of sp³-hybridized carbons (Fsp3) is 0.750. The SMILES string of the molecule is C=C(Br)CN(CCO)C1CC1. The fourth-order valence-electron chi connectivity index (χ4n) is 1.18. The molecule has 1 aliphatic rings. The number of halogens is 1. The summed E-state index contributed by atoms with van der Waals surface area (Å²) in [6, 6.07) is 0.705. The van der Waals surface area contributed by atoms with Crippen LogP contribution in [0.4, 0.5) is 0 Å². The third-order valence-electron chi connectivity index (χ3n) is 1.83. The van der Waals surface area contributed by atoms with Gasteiger partial charge in [0.2, 0.25) is 0 Å². The minimum atomic E-state index is 0.247. The first-order valence-electron chi connectivity index (χ1n) is 3.92. The largest absolute Gasteiger partial charge is 0.395 e. The number of hydrogen-bond acceptors (Lipinski definition) is 2. The molecule has 1 saturated carbocycles. The van der Waals surface area contributed by atoms with Crippen molar-refractivity contribution in [2.75, 3.05) is 19.7 Å². The monoisotopic (exact) mass is 219 g/mol. The molecule has 1 rings (SSSR count). The summed E-state index contributed by atoms with van der Waals surface area (Å²) in [4.78, 5) is 2.26. The van der Waals surface area contributed by atoms with E-state index in [9.17, 15) is 0 Å². The zero-order valence-electron chi connectivity index (χ0n) is 6.59. The normalized spacial score (nSPS) is 17.4. The Balaban J connectivity index is 2.26. The Bertz CT molecular complexity index is 145. The van der Waals surface area contributed by atoms with E-state index in [1.807, 2.05) is 0 Å². The van der Waals surface area contributed by atoms with Gasteiger partial charge in [-0.2, -0.15) is 0 Å². The Labute approximate surface area is 76.0 Å². The van der Waals surface area contributed by atoms with Crippen molar-refractivity contribution in [3.05, 3.63) is 11.1 Å². The van der Waals surface area contributed by atoms with Crippen LogP contribution in [0.3, 0.4) is 0 Å². The molecule has 0 atom stereocenters. The van der Waals surface area contributed by atoms with Crippen molar-refractivity contribution in [2.45, 2.75) is 18.9 Å². The fourth-order valence-corrected chi connectivity index (χ4v) is 1.50. The first kappa shape index (κ1) is 9.23. The quantitative estimate of drug-likeness (QED) is 0.755. The molecule has 0 aliphatic heterocycles. The topological polar surface area (TPSA) is 23.5 Å². The molecular formula is C8H14BrNO. The average Bonchev–Trinajstić information content (AvgIpc) is 2.66. The van der Waals surface area contributed by atoms with Gasteiger partial charge in [-0.1, -0.05) is 22.5 Å². The highest BCUT2D eigenvalue weighted by Gasteiger charge is 2.28. The van der Waals surface area contributed by atoms with Crippen LogP contribution < -0.4 is 0 Å². The molecule has 0 aromatic rings. The molecule has 2 nitrogen and oxygen atoms in total. The van der Waals surface area contributed by atoms with Crippen molar-refractivity contribution >= 4 is 15.9 Å². The smallest absolute Gasteiger partial charge is 0.0558 e. The standard InChI is InChI=1S/C8H14BrNO/c1-7(9)6-10(4-5-11)8-2-3-8/h8,11H,1-6H2. The Morgan fingerprint density at radius 3 is 2.64 bits per heavy atom. The molecule has 3 heteroatoms. The second-order valence-corrected chi connectivity index (χ2v) is 4.06. The van der Waals surface area contributed by atoms with Crippen molar-refractivity contribution in [3.8, 4) is 0 Å². The summed E-state index contributed by atoms with van der Waals surface area (Å²) >= 11 is 3.32. The highest BCUT2D eigenvalue weighted by Crippen LogP contribution is 2.27. The third kappa shape index (κ3) is 3.36. The highest BCUT2D eigenvalue weighted by molar-refractivity contribution is 9.11. The van der Waals surface area contributed by atoms with Crippen LogP contribution in [0.25, 0.3) is 0 Å². The molecule has 1 aliphatic carbocycles. The van der Waals surface area contributed by atoms with Gasteiger partial charge in [-0.25, -0.2) is 0 Å². The van der Waals surface area contributed by atoms with Gasteiger partial charge in [0, 0.05) is 23.6 Å². The van der Waals surface area contributed by atoms with Crippen LogP contribution >= 0.6 is 15.9 Å². The summed E-state index contributed by atoms with van der Waals surface area (Å²) in [5.41, 5.74) is 0. The summed E-state index contributed by atoms with van der Waals surface area (Å²) in [6.45, 7) is 5.67. The van der Waals surface area contributed by atoms with Gasteiger partial charge in [-0.3, -0.25) is 4.90 Å². The molecule has 0 aromatic heterocycles. The lowest BCUT2D eigenvalue weighted by atomic mass is 10.4. The minimum Gasteiger partial charge on any atom is -0.395 e. The zero-order chi connectivity index (χ0) is 8.27. The van der Waals surface area contributed by atoms with E-state index >= 15 is 0 Å². The molecule has 0 bridgehead atoms. The van der Waals surface area contributed by atoms with Gasteiger partial charge < -0.3 is 5.11 Å². The van der Waals surface area contributed by atoms with Crippen molar-refractivity contribution < 1.29 is 5.11 Å². The van der Waals surface area contributed by atoms with Crippen LogP contribution in [0.5, 0.6) is 0 Å². The molecule has 64 valence electrons. The summed E-state index contributed by atoms with van der Waals surface area (Å²) in [7, 11) is 0. The maximum absolute atomic E-state index is 8.74. The Morgan fingerprint density at radius 1 is 1.64 bits per heavy atom. The van der Waals surface area contributed by atoms with E-state index in [2.05, 4.69) is 27.4 Å². The number of aliphatic hydroxyl groups is 1. The van der Waals surface area contributed by atoms with E-state index in [4.69, 9.17) is 5.11 Å². The van der Waals surface area contributed by atoms with E-state index in [1.54, 1.807) is 0 Å². The molecule has 0 heterocycles. The predicted molar refractivity (Wildman–Crippen MR) is 49.7 cm³/mol. The molecule has 0 amide bonds. The van der Waals surface area contributed by atoms with Crippen LogP contribution in [0.2, 0.25) is 0 Å². The van der Waals surface area contributed by atoms with Crippen LogP contribution in [0.1, 0.15) is 12.8 Å². The van der Waals surface area contributed by atoms with E-state index in [-0.39, 0.29) is 6.61 Å². The lowest BCUT2D eigenvalue weighted by Gasteiger charge is -2.19. The van der Waals surface area contributed by atoms with Crippen molar-refractivity contribution in [1.82, 2.24) is 4.90 Å². The van der Waals surface area contributed by atoms with Crippen LogP contribution in [-0.4, -0.2) is 35.7 Å². The van der Waals surface area contributed by atoms with Gasteiger partial charge in [0.15, 0.2) is 0 Å². The van der Waals surface area contributed by atoms with Crippen molar-refractivity contribution in [2.24, 2.45) is 0 Å². The second kappa shape index (κ2) is 4.24. The average molecular weight is 220 g/mol. The summed E-state index contributed by atoms with van der Waals surface area (Å²) in [5.74, 6) is 0. The highest BCUT2D eigenvalue weighted by atomic mass is 79.9. The molecule has 0 saturated heterocycles. The molecule has 0 aromatic carbocycles. The summed E-state index contributed by atoms with van der Waals surface area (Å²) in [5, 5.41) is 8.74. The van der Waals surface area contributed by atoms with Gasteiger partial charge in [-0.05, 0) is 12.8 Å². The minimum absolute atomic E-state index is 0.247. The van der Waals surface area contributed by atoms with E-state index in [0.717, 1.165) is 17.6 Å². The third-order valence-corrected chi connectivity index (χ3v) is 2.08. The lowest BCUT2D eigenvalue weighted by molar-refractivity contribution is 0.202. The van der Waals surface area contributed by atoms with Gasteiger partial charge >= 0.3 is 0 Å². The molecule has 0 unspecified atom stereocenters. The second-order valence-electron chi connectivity index (χ2n) is 2.94. The van der Waals surface area contributed by atoms with Crippen molar-refractivity contribution in [1.29, 1.82) is 0 Å². The molecule has 11 heavy (non-hydrogen) atoms. The Morgan fingerprint density at radius 2 is 2.27 bits per heavy atom. The molecule has 1 fully saturated rings. The van der Waals surface area contributed by atoms with Gasteiger partial charge in [0.1, 0.15) is 0 Å². The summed E-state index contributed by atoms with van der Waals surface area (Å²) < 4.78 is 0.998. The molecule has 0 spiro atoms. The first-order chi connectivity index (χ1) is 5.24. The van der Waals surface area contributed by atoms with E-state index in [0.29, 0.717) is 6.04 Å². The number of aliphatic hydroxyl groups excluding tert-OH is 1. The van der Waals surface area contributed by atoms with Crippen LogP contribution in [-0.2, 0) is 0 Å². The molecule has 1 N–H and O–H groups in total. The van der Waals surface area contributed by atoms with Gasteiger partial charge in [-0.15, -0.1) is 0 Å². The van der Waals surface area contributed by atoms with Gasteiger partial charge in [0.25, 0.3) is 0 Å². The Hall–Kier alpha value is 0.140. The molecular weight excluding hydrogens is 206 g/mol. The van der Waals surface area contributed by atoms with Crippen molar-refractivity contribution in [3.63, 3.8) is 0 Å². The number of hydrogen-bond donors (Lipinski definition) is 1. The van der Waals surface area contributed by atoms with E-state index in [1.165, 1.54) is 12.8 Å². The maximum atomic E-state index is 8.74. The summed E-state index contributed by atoms with van der Waals surface area (Å²) in [6.07, 6.45) is 2.56. The Kier molecular flexibility index (Phi) is 3.55. The zero-order valence-corrected chi connectivity index (χ0v) is 8.18. The predicted octanol–water partition coefficient (Wildman–Crippen LogP) is 1.35. The number of rotatable bonds is 5. The first-order valence-corrected chi connectivity index (χ1v) is 4.71. The van der Waals surface area contributed by atoms with Crippen LogP contribution in [0.15, 0.2) is 11.1 Å². The van der Waals surface area contributed by atoms with Gasteiger partial charge in [0.05, 0.1) is 6.61 Å². The molecule has 0 radical (unpaired) electrons. The maximum Gasteiger partial charge on any atom is 0.0558 e. The lowest BCUT2D eigenvalue weighted by Crippen LogP contribution is -2.30.